The molecule has 0 fully saturated rings. The van der Waals surface area contributed by atoms with Crippen LogP contribution in [0.1, 0.15) is 32.3 Å². The molecule has 1 rings (SSSR count). The summed E-state index contributed by atoms with van der Waals surface area (Å²) < 4.78 is 5.52. The molecule has 3 heteroatoms. The molecular formula is C15H23NO2. The van der Waals surface area contributed by atoms with Crippen molar-refractivity contribution in [1.29, 1.82) is 0 Å². The van der Waals surface area contributed by atoms with E-state index in [9.17, 15) is 4.79 Å². The number of Topliss-reactive ketones (excluding diaryl/α,β-unsaturated/α-hetero) is 1. The van der Waals surface area contributed by atoms with Crippen molar-refractivity contribution in [2.75, 3.05) is 6.61 Å². The van der Waals surface area contributed by atoms with E-state index in [1.54, 1.807) is 0 Å². The van der Waals surface area contributed by atoms with Gasteiger partial charge in [0.25, 0.3) is 0 Å². The first kappa shape index (κ1) is 14.9. The van der Waals surface area contributed by atoms with Gasteiger partial charge in [0.05, 0.1) is 12.6 Å². The summed E-state index contributed by atoms with van der Waals surface area (Å²) in [7, 11) is 0. The Hall–Kier alpha value is -1.19. The van der Waals surface area contributed by atoms with Crippen LogP contribution in [0.4, 0.5) is 0 Å². The van der Waals surface area contributed by atoms with E-state index in [1.807, 2.05) is 44.2 Å². The Kier molecular flexibility index (Phi) is 6.61. The van der Waals surface area contributed by atoms with E-state index in [2.05, 4.69) is 0 Å². The second-order valence-electron chi connectivity index (χ2n) is 4.88. The maximum Gasteiger partial charge on any atom is 0.149 e. The molecule has 0 heterocycles. The number of hydrogen-bond donors (Lipinski definition) is 1. The topological polar surface area (TPSA) is 52.3 Å². The Balaban J connectivity index is 2.11. The number of benzene rings is 1. The molecule has 0 saturated carbocycles. The van der Waals surface area contributed by atoms with Crippen LogP contribution in [-0.4, -0.2) is 18.4 Å². The van der Waals surface area contributed by atoms with E-state index < -0.39 is 0 Å². The van der Waals surface area contributed by atoms with Crippen LogP contribution in [0.15, 0.2) is 30.3 Å². The average Bonchev–Trinajstić information content (AvgIpc) is 2.38. The lowest BCUT2D eigenvalue weighted by Crippen LogP contribution is -2.35. The van der Waals surface area contributed by atoms with Crippen molar-refractivity contribution in [1.82, 2.24) is 0 Å². The zero-order chi connectivity index (χ0) is 13.4. The molecule has 18 heavy (non-hydrogen) atoms. The molecule has 1 atom stereocenters. The van der Waals surface area contributed by atoms with Crippen LogP contribution < -0.4 is 5.73 Å². The van der Waals surface area contributed by atoms with Gasteiger partial charge in [0, 0.05) is 13.0 Å². The molecule has 0 bridgehead atoms. The van der Waals surface area contributed by atoms with E-state index in [0.29, 0.717) is 19.6 Å². The van der Waals surface area contributed by atoms with E-state index >= 15 is 0 Å². The number of carbonyl (C=O) groups is 1. The van der Waals surface area contributed by atoms with Gasteiger partial charge in [-0.25, -0.2) is 0 Å². The van der Waals surface area contributed by atoms with E-state index in [4.69, 9.17) is 10.5 Å². The minimum Gasteiger partial charge on any atom is -0.377 e. The van der Waals surface area contributed by atoms with E-state index in [0.717, 1.165) is 12.0 Å². The van der Waals surface area contributed by atoms with Gasteiger partial charge in [0.15, 0.2) is 0 Å². The molecule has 0 saturated heterocycles. The fourth-order valence-corrected chi connectivity index (χ4v) is 1.65. The van der Waals surface area contributed by atoms with Crippen molar-refractivity contribution >= 4 is 5.78 Å². The second-order valence-corrected chi connectivity index (χ2v) is 4.88. The lowest BCUT2D eigenvalue weighted by molar-refractivity contribution is -0.121. The first-order valence-corrected chi connectivity index (χ1v) is 6.51. The number of nitrogens with two attached hydrogens (primary N) is 1. The van der Waals surface area contributed by atoms with Crippen molar-refractivity contribution in [2.24, 2.45) is 11.7 Å². The summed E-state index contributed by atoms with van der Waals surface area (Å²) in [5.74, 6) is 0.344. The maximum atomic E-state index is 11.6. The van der Waals surface area contributed by atoms with Gasteiger partial charge in [-0.1, -0.05) is 44.2 Å². The van der Waals surface area contributed by atoms with Crippen LogP contribution >= 0.6 is 0 Å². The Morgan fingerprint density at radius 2 is 1.94 bits per heavy atom. The minimum absolute atomic E-state index is 0.133. The van der Waals surface area contributed by atoms with Crippen molar-refractivity contribution < 1.29 is 9.53 Å². The fraction of sp³-hybridized carbons (Fsp3) is 0.533. The van der Waals surface area contributed by atoms with E-state index in [1.165, 1.54) is 0 Å². The molecule has 0 unspecified atom stereocenters. The standard InChI is InChI=1S/C15H23NO2/c1-12(2)15(16)14(17)9-6-10-18-11-13-7-4-3-5-8-13/h3-5,7-8,12,15H,6,9-11,16H2,1-2H3/t15-/m0/s1. The van der Waals surface area contributed by atoms with Gasteiger partial charge in [0.2, 0.25) is 0 Å². The van der Waals surface area contributed by atoms with Gasteiger partial charge in [-0.05, 0) is 17.9 Å². The summed E-state index contributed by atoms with van der Waals surface area (Å²) in [4.78, 5) is 11.6. The van der Waals surface area contributed by atoms with Gasteiger partial charge >= 0.3 is 0 Å². The van der Waals surface area contributed by atoms with Crippen LogP contribution in [0.3, 0.4) is 0 Å². The highest BCUT2D eigenvalue weighted by Gasteiger charge is 2.16. The minimum atomic E-state index is -0.334. The van der Waals surface area contributed by atoms with Crippen molar-refractivity contribution in [3.63, 3.8) is 0 Å². The second kappa shape index (κ2) is 8.01. The van der Waals surface area contributed by atoms with Gasteiger partial charge < -0.3 is 10.5 Å². The zero-order valence-corrected chi connectivity index (χ0v) is 11.3. The highest BCUT2D eigenvalue weighted by molar-refractivity contribution is 5.83. The van der Waals surface area contributed by atoms with Crippen LogP contribution in [0.5, 0.6) is 0 Å². The van der Waals surface area contributed by atoms with Gasteiger partial charge in [0.1, 0.15) is 5.78 Å². The molecule has 3 nitrogen and oxygen atoms in total. The first-order chi connectivity index (χ1) is 8.61. The summed E-state index contributed by atoms with van der Waals surface area (Å²) in [6, 6.07) is 9.68. The molecule has 0 aliphatic heterocycles. The van der Waals surface area contributed by atoms with Gasteiger partial charge in [-0.15, -0.1) is 0 Å². The molecular weight excluding hydrogens is 226 g/mol. The third-order valence-electron chi connectivity index (χ3n) is 2.91. The number of hydrogen-bond acceptors (Lipinski definition) is 3. The molecule has 1 aromatic carbocycles. The van der Waals surface area contributed by atoms with Crippen LogP contribution in [-0.2, 0) is 16.1 Å². The van der Waals surface area contributed by atoms with Gasteiger partial charge in [-0.3, -0.25) is 4.79 Å². The summed E-state index contributed by atoms with van der Waals surface area (Å²) >= 11 is 0. The molecule has 1 aromatic rings. The Morgan fingerprint density at radius 3 is 2.56 bits per heavy atom. The van der Waals surface area contributed by atoms with Crippen molar-refractivity contribution in [3.8, 4) is 0 Å². The molecule has 0 aliphatic carbocycles. The predicted molar refractivity (Wildman–Crippen MR) is 73.2 cm³/mol. The summed E-state index contributed by atoms with van der Waals surface area (Å²) in [5.41, 5.74) is 6.93. The van der Waals surface area contributed by atoms with Crippen LogP contribution in [0, 0.1) is 5.92 Å². The quantitative estimate of drug-likeness (QED) is 0.720. The number of carbonyl (C=O) groups excluding carboxylic acids is 1. The smallest absolute Gasteiger partial charge is 0.149 e. The molecule has 0 amide bonds. The highest BCUT2D eigenvalue weighted by Crippen LogP contribution is 2.05. The fourth-order valence-electron chi connectivity index (χ4n) is 1.65. The predicted octanol–water partition coefficient (Wildman–Crippen LogP) is 2.54. The molecule has 2 N–H and O–H groups in total. The number of ketones is 1. The normalized spacial score (nSPS) is 12.7. The SMILES string of the molecule is CC(C)[C@H](N)C(=O)CCCOCc1ccccc1. The number of ether oxygens (including phenoxy) is 1. The number of rotatable bonds is 8. The average molecular weight is 249 g/mol. The zero-order valence-electron chi connectivity index (χ0n) is 11.3. The molecule has 0 radical (unpaired) electrons. The van der Waals surface area contributed by atoms with Crippen LogP contribution in [0.2, 0.25) is 0 Å². The maximum absolute atomic E-state index is 11.6. The Labute approximate surface area is 109 Å². The summed E-state index contributed by atoms with van der Waals surface area (Å²) in [5, 5.41) is 0. The largest absolute Gasteiger partial charge is 0.377 e. The lowest BCUT2D eigenvalue weighted by Gasteiger charge is -2.13. The monoisotopic (exact) mass is 249 g/mol. The lowest BCUT2D eigenvalue weighted by atomic mass is 9.98. The molecule has 100 valence electrons. The van der Waals surface area contributed by atoms with Gasteiger partial charge in [-0.2, -0.15) is 0 Å². The van der Waals surface area contributed by atoms with E-state index in [-0.39, 0.29) is 17.7 Å². The Bertz CT molecular complexity index is 349. The van der Waals surface area contributed by atoms with Crippen LogP contribution in [0.25, 0.3) is 0 Å². The Morgan fingerprint density at radius 1 is 1.28 bits per heavy atom. The summed E-state index contributed by atoms with van der Waals surface area (Å²) in [6.07, 6.45) is 1.25. The molecule has 0 aromatic heterocycles. The summed E-state index contributed by atoms with van der Waals surface area (Å²) in [6.45, 7) is 5.14. The highest BCUT2D eigenvalue weighted by atomic mass is 16.5. The molecule has 0 aliphatic rings. The van der Waals surface area contributed by atoms with Crippen molar-refractivity contribution in [3.05, 3.63) is 35.9 Å². The first-order valence-electron chi connectivity index (χ1n) is 6.51. The third kappa shape index (κ3) is 5.43. The third-order valence-corrected chi connectivity index (χ3v) is 2.91. The molecule has 0 spiro atoms. The van der Waals surface area contributed by atoms with Crippen molar-refractivity contribution in [2.45, 2.75) is 39.3 Å².